The normalized spacial score (nSPS) is 13.7. The summed E-state index contributed by atoms with van der Waals surface area (Å²) >= 11 is 0. The molecule has 0 fully saturated rings. The zero-order chi connectivity index (χ0) is 32.6. The molecule has 0 bridgehead atoms. The van der Waals surface area contributed by atoms with Crippen molar-refractivity contribution in [2.24, 2.45) is 0 Å². The maximum absolute atomic E-state index is 5.07. The molecule has 0 aliphatic carbocycles. The van der Waals surface area contributed by atoms with Crippen molar-refractivity contribution in [2.45, 2.75) is 19.6 Å². The Morgan fingerprint density at radius 1 is 0.388 bits per heavy atom. The summed E-state index contributed by atoms with van der Waals surface area (Å²) in [5.41, 5.74) is 6.42. The molecule has 0 amide bonds. The minimum Gasteiger partial charge on any atom is -0.308 e. The predicted molar refractivity (Wildman–Crippen MR) is 200 cm³/mol. The van der Waals surface area contributed by atoms with Crippen molar-refractivity contribution >= 4 is 27.1 Å². The topological polar surface area (TPSA) is 34.0 Å². The lowest BCUT2D eigenvalue weighted by molar-refractivity contribution is 0.890. The third kappa shape index (κ3) is 4.78. The molecule has 1 aromatic heterocycles. The first-order valence-corrected chi connectivity index (χ1v) is 18.1. The molecule has 234 valence electrons. The molecule has 1 aliphatic heterocycles. The Morgan fingerprint density at radius 2 is 0.857 bits per heavy atom. The Bertz CT molecular complexity index is 2230. The fourth-order valence-electron chi connectivity index (χ4n) is 6.94. The zero-order valence-electron chi connectivity index (χ0n) is 26.7. The highest BCUT2D eigenvalue weighted by molar-refractivity contribution is 8.34. The van der Waals surface area contributed by atoms with Gasteiger partial charge >= 0.3 is 0 Å². The molecular weight excluding hydrogens is 617 g/mol. The van der Waals surface area contributed by atoms with E-state index in [1.54, 1.807) is 0 Å². The van der Waals surface area contributed by atoms with Crippen LogP contribution >= 0.6 is 10.0 Å². The monoisotopic (exact) mass is 648 g/mol. The Hall–Kier alpha value is -6.17. The fraction of sp³-hybridized carbons (Fsp3) is 0. The predicted octanol–water partition coefficient (Wildman–Crippen LogP) is 11.7. The summed E-state index contributed by atoms with van der Waals surface area (Å²) in [6, 6.07) is 69.0. The second-order valence-corrected chi connectivity index (χ2v) is 15.0. The van der Waals surface area contributed by atoms with Gasteiger partial charge in [0.15, 0.2) is 11.6 Å². The lowest BCUT2D eigenvalue weighted by Gasteiger charge is -2.49. The van der Waals surface area contributed by atoms with E-state index in [1.165, 1.54) is 31.0 Å². The average molecular weight is 649 g/mol. The number of hydrogen-bond acceptors (Lipinski definition) is 3. The van der Waals surface area contributed by atoms with Crippen LogP contribution in [0.1, 0.15) is 0 Å². The summed E-state index contributed by atoms with van der Waals surface area (Å²) in [7, 11) is -1.78. The van der Waals surface area contributed by atoms with Gasteiger partial charge in [-0.1, -0.05) is 109 Å². The van der Waals surface area contributed by atoms with Gasteiger partial charge < -0.3 is 4.90 Å². The van der Waals surface area contributed by atoms with Crippen molar-refractivity contribution in [3.8, 4) is 28.5 Å². The first-order valence-electron chi connectivity index (χ1n) is 16.4. The van der Waals surface area contributed by atoms with Gasteiger partial charge in [-0.15, -0.1) is 15.1 Å². The molecule has 9 rings (SSSR count). The average Bonchev–Trinajstić information content (AvgIpc) is 3.64. The van der Waals surface area contributed by atoms with Gasteiger partial charge in [0.05, 0.1) is 17.1 Å². The van der Waals surface area contributed by atoms with Gasteiger partial charge in [0.1, 0.15) is 0 Å². The summed E-state index contributed by atoms with van der Waals surface area (Å²) in [6.45, 7) is 0. The Labute approximate surface area is 287 Å². The molecule has 0 saturated carbocycles. The molecule has 4 nitrogen and oxygen atoms in total. The fourth-order valence-corrected chi connectivity index (χ4v) is 11.1. The van der Waals surface area contributed by atoms with E-state index in [-0.39, 0.29) is 0 Å². The molecule has 7 aromatic carbocycles. The van der Waals surface area contributed by atoms with Crippen LogP contribution in [0.15, 0.2) is 214 Å². The van der Waals surface area contributed by atoms with Crippen molar-refractivity contribution in [1.29, 1.82) is 0 Å². The molecule has 49 heavy (non-hydrogen) atoms. The minimum absolute atomic E-state index is 0.685. The Balaban J connectivity index is 1.19. The second kappa shape index (κ2) is 12.1. The van der Waals surface area contributed by atoms with Crippen molar-refractivity contribution in [3.63, 3.8) is 0 Å². The van der Waals surface area contributed by atoms with Gasteiger partial charge in [-0.3, -0.25) is 0 Å². The maximum atomic E-state index is 5.07. The number of benzene rings is 7. The van der Waals surface area contributed by atoms with Crippen LogP contribution in [0.5, 0.6) is 0 Å². The van der Waals surface area contributed by atoms with E-state index in [0.29, 0.717) is 5.82 Å². The molecule has 8 aromatic rings. The molecule has 1 aliphatic rings. The van der Waals surface area contributed by atoms with Crippen LogP contribution in [0.2, 0.25) is 0 Å². The molecule has 0 unspecified atom stereocenters. The highest BCUT2D eigenvalue weighted by Crippen LogP contribution is 2.79. The summed E-state index contributed by atoms with van der Waals surface area (Å²) in [5, 5.41) is 5.02. The van der Waals surface area contributed by atoms with Gasteiger partial charge in [-0.25, -0.2) is 9.67 Å². The van der Waals surface area contributed by atoms with E-state index in [1.807, 2.05) is 41.1 Å². The molecule has 5 heteroatoms. The van der Waals surface area contributed by atoms with Crippen LogP contribution in [0, 0.1) is 0 Å². The van der Waals surface area contributed by atoms with Gasteiger partial charge in [0.2, 0.25) is 0 Å². The van der Waals surface area contributed by atoms with Gasteiger partial charge in [-0.05, 0) is 84.9 Å². The summed E-state index contributed by atoms with van der Waals surface area (Å²) in [6.07, 6.45) is 0. The van der Waals surface area contributed by atoms with Gasteiger partial charge in [-0.2, -0.15) is 0 Å². The van der Waals surface area contributed by atoms with Crippen LogP contribution in [0.4, 0.5) is 17.1 Å². The molecule has 0 saturated heterocycles. The molecule has 2 heterocycles. The standard InChI is InChI=1S/C44H32N4S/c1-5-17-34(18-6-1)44-45-43(46-48(44)36-19-7-2-8-20-36)33-29-31-35(32-30-33)47-39-25-13-15-27-41(39)49(37-21-9-3-10-22-37,38-23-11-4-12-24-38)42-28-16-14-26-40(42)47/h1-32H. The van der Waals surface area contributed by atoms with E-state index >= 15 is 0 Å². The second-order valence-electron chi connectivity index (χ2n) is 11.9. The van der Waals surface area contributed by atoms with Crippen molar-refractivity contribution in [2.75, 3.05) is 4.90 Å². The number of anilines is 3. The number of rotatable bonds is 6. The Kier molecular flexibility index (Phi) is 7.18. The van der Waals surface area contributed by atoms with Crippen LogP contribution in [-0.2, 0) is 0 Å². The van der Waals surface area contributed by atoms with E-state index in [9.17, 15) is 0 Å². The minimum atomic E-state index is -1.78. The highest BCUT2D eigenvalue weighted by Gasteiger charge is 2.42. The summed E-state index contributed by atoms with van der Waals surface area (Å²) < 4.78 is 1.94. The van der Waals surface area contributed by atoms with Crippen LogP contribution in [0.25, 0.3) is 28.5 Å². The van der Waals surface area contributed by atoms with Crippen molar-refractivity contribution in [3.05, 3.63) is 194 Å². The lowest BCUT2D eigenvalue weighted by Crippen LogP contribution is -2.21. The number of para-hydroxylation sites is 3. The van der Waals surface area contributed by atoms with Crippen molar-refractivity contribution < 1.29 is 0 Å². The number of aromatic nitrogens is 3. The summed E-state index contributed by atoms with van der Waals surface area (Å²) in [4.78, 5) is 12.8. The quantitative estimate of drug-likeness (QED) is 0.180. The lowest BCUT2D eigenvalue weighted by atomic mass is 10.1. The Morgan fingerprint density at radius 3 is 1.41 bits per heavy atom. The molecule has 0 N–H and O–H groups in total. The number of fused-ring (bicyclic) bond motifs is 2. The first kappa shape index (κ1) is 29.0. The zero-order valence-corrected chi connectivity index (χ0v) is 27.5. The molecule has 0 atom stereocenters. The van der Waals surface area contributed by atoms with Crippen LogP contribution in [-0.4, -0.2) is 14.8 Å². The van der Waals surface area contributed by atoms with E-state index < -0.39 is 10.0 Å². The van der Waals surface area contributed by atoms with E-state index in [2.05, 4.69) is 163 Å². The maximum Gasteiger partial charge on any atom is 0.182 e. The molecule has 0 radical (unpaired) electrons. The highest BCUT2D eigenvalue weighted by atomic mass is 32.3. The largest absolute Gasteiger partial charge is 0.308 e. The first-order chi connectivity index (χ1) is 24.3. The van der Waals surface area contributed by atoms with Gasteiger partial charge in [0, 0.05) is 36.4 Å². The smallest absolute Gasteiger partial charge is 0.182 e. The molecular formula is C44H32N4S. The SMILES string of the molecule is c1ccc(-c2nc(-c3ccc(N4c5ccccc5S(c5ccccc5)(c5ccccc5)c5ccccc54)cc3)nn2-c2ccccc2)cc1. The summed E-state index contributed by atoms with van der Waals surface area (Å²) in [5.74, 6) is 1.50. The van der Waals surface area contributed by atoms with Crippen molar-refractivity contribution in [1.82, 2.24) is 14.8 Å². The van der Waals surface area contributed by atoms with Crippen LogP contribution < -0.4 is 4.90 Å². The molecule has 0 spiro atoms. The van der Waals surface area contributed by atoms with Crippen LogP contribution in [0.3, 0.4) is 0 Å². The number of nitrogens with zero attached hydrogens (tertiary/aromatic N) is 4. The number of hydrogen-bond donors (Lipinski definition) is 0. The third-order valence-corrected chi connectivity index (χ3v) is 13.1. The third-order valence-electron chi connectivity index (χ3n) is 9.09. The van der Waals surface area contributed by atoms with Gasteiger partial charge in [0.25, 0.3) is 0 Å². The van der Waals surface area contributed by atoms with E-state index in [0.717, 1.165) is 28.3 Å². The van der Waals surface area contributed by atoms with E-state index in [4.69, 9.17) is 10.1 Å².